The van der Waals surface area contributed by atoms with Gasteiger partial charge in [-0.05, 0) is 29.5 Å². The lowest BCUT2D eigenvalue weighted by atomic mass is 10.0. The van der Waals surface area contributed by atoms with Crippen LogP contribution in [0.4, 0.5) is 0 Å². The fourth-order valence-electron chi connectivity index (χ4n) is 2.48. The van der Waals surface area contributed by atoms with E-state index in [1.165, 1.54) is 0 Å². The van der Waals surface area contributed by atoms with E-state index in [0.717, 1.165) is 10.9 Å². The van der Waals surface area contributed by atoms with E-state index in [1.807, 2.05) is 42.5 Å². The van der Waals surface area contributed by atoms with Crippen LogP contribution in [0.15, 0.2) is 69.9 Å². The quantitative estimate of drug-likeness (QED) is 0.722. The van der Waals surface area contributed by atoms with E-state index in [2.05, 4.69) is 0 Å². The molecule has 0 aliphatic rings. The standard InChI is InChI=1S/C19H16O3/c20-16(11-10-14-6-2-1-3-7-14)13-17-12-15-8-4-5-9-18(15)19(21)22-17/h1-9,12H,10-11,13H2. The maximum absolute atomic E-state index is 12.1. The van der Waals surface area contributed by atoms with E-state index in [0.29, 0.717) is 24.0 Å². The number of ketones is 1. The molecule has 0 radical (unpaired) electrons. The number of hydrogen-bond acceptors (Lipinski definition) is 3. The zero-order chi connectivity index (χ0) is 15.4. The lowest BCUT2D eigenvalue weighted by Gasteiger charge is -2.03. The van der Waals surface area contributed by atoms with Gasteiger partial charge in [0.2, 0.25) is 0 Å². The molecule has 0 saturated heterocycles. The molecule has 0 aliphatic heterocycles. The number of benzene rings is 2. The normalized spacial score (nSPS) is 10.7. The van der Waals surface area contributed by atoms with Crippen molar-refractivity contribution in [2.45, 2.75) is 19.3 Å². The smallest absolute Gasteiger partial charge is 0.343 e. The van der Waals surface area contributed by atoms with Crippen molar-refractivity contribution in [1.29, 1.82) is 0 Å². The topological polar surface area (TPSA) is 47.3 Å². The number of aryl methyl sites for hydroxylation is 1. The summed E-state index contributed by atoms with van der Waals surface area (Å²) in [7, 11) is 0. The molecule has 0 atom stereocenters. The van der Waals surface area contributed by atoms with Crippen LogP contribution < -0.4 is 5.63 Å². The van der Waals surface area contributed by atoms with Crippen LogP contribution in [-0.2, 0) is 17.6 Å². The minimum absolute atomic E-state index is 0.0716. The lowest BCUT2D eigenvalue weighted by molar-refractivity contribution is -0.118. The molecule has 3 rings (SSSR count). The first kappa shape index (κ1) is 14.3. The molecule has 0 fully saturated rings. The SMILES string of the molecule is O=C(CCc1ccccc1)Cc1cc2ccccc2c(=O)o1. The molecule has 0 N–H and O–H groups in total. The summed E-state index contributed by atoms with van der Waals surface area (Å²) in [5, 5.41) is 1.35. The van der Waals surface area contributed by atoms with Crippen LogP contribution in [0, 0.1) is 0 Å². The lowest BCUT2D eigenvalue weighted by Crippen LogP contribution is -2.08. The Hall–Kier alpha value is -2.68. The third-order valence-corrected chi connectivity index (χ3v) is 3.63. The summed E-state index contributed by atoms with van der Waals surface area (Å²) in [5.74, 6) is 0.504. The Bertz CT molecular complexity index is 847. The molecule has 0 bridgehead atoms. The second-order valence-electron chi connectivity index (χ2n) is 5.29. The third kappa shape index (κ3) is 3.31. The first-order valence-electron chi connectivity index (χ1n) is 7.30. The number of carbonyl (C=O) groups is 1. The van der Waals surface area contributed by atoms with Crippen molar-refractivity contribution in [3.8, 4) is 0 Å². The van der Waals surface area contributed by atoms with Gasteiger partial charge in [0.25, 0.3) is 0 Å². The summed E-state index contributed by atoms with van der Waals surface area (Å²) >= 11 is 0. The molecule has 0 unspecified atom stereocenters. The maximum Gasteiger partial charge on any atom is 0.343 e. The molecule has 0 saturated carbocycles. The molecular weight excluding hydrogens is 276 g/mol. The molecule has 0 spiro atoms. The summed E-state index contributed by atoms with van der Waals surface area (Å²) in [6, 6.07) is 18.9. The largest absolute Gasteiger partial charge is 0.427 e. The fourth-order valence-corrected chi connectivity index (χ4v) is 2.48. The monoisotopic (exact) mass is 292 g/mol. The Morgan fingerprint density at radius 2 is 1.68 bits per heavy atom. The van der Waals surface area contributed by atoms with Gasteiger partial charge in [0.1, 0.15) is 11.5 Å². The highest BCUT2D eigenvalue weighted by Crippen LogP contribution is 2.13. The Morgan fingerprint density at radius 3 is 2.50 bits per heavy atom. The highest BCUT2D eigenvalue weighted by Gasteiger charge is 2.09. The van der Waals surface area contributed by atoms with Crippen LogP contribution in [0.1, 0.15) is 17.7 Å². The van der Waals surface area contributed by atoms with Crippen LogP contribution in [-0.4, -0.2) is 5.78 Å². The van der Waals surface area contributed by atoms with E-state index < -0.39 is 0 Å². The zero-order valence-electron chi connectivity index (χ0n) is 12.1. The van der Waals surface area contributed by atoms with E-state index >= 15 is 0 Å². The van der Waals surface area contributed by atoms with Crippen molar-refractivity contribution in [3.63, 3.8) is 0 Å². The van der Waals surface area contributed by atoms with Gasteiger partial charge in [-0.25, -0.2) is 4.79 Å². The molecule has 1 heterocycles. The number of rotatable bonds is 5. The molecule has 110 valence electrons. The van der Waals surface area contributed by atoms with Crippen LogP contribution in [0.5, 0.6) is 0 Å². The number of hydrogen-bond donors (Lipinski definition) is 0. The number of Topliss-reactive ketones (excluding diaryl/α,β-unsaturated/α-hetero) is 1. The zero-order valence-corrected chi connectivity index (χ0v) is 12.1. The van der Waals surface area contributed by atoms with Crippen molar-refractivity contribution in [3.05, 3.63) is 82.4 Å². The van der Waals surface area contributed by atoms with Gasteiger partial charge in [-0.15, -0.1) is 0 Å². The third-order valence-electron chi connectivity index (χ3n) is 3.63. The molecular formula is C19H16O3. The Kier molecular flexibility index (Phi) is 4.15. The number of carbonyl (C=O) groups excluding carboxylic acids is 1. The second-order valence-corrected chi connectivity index (χ2v) is 5.29. The highest BCUT2D eigenvalue weighted by atomic mass is 16.4. The van der Waals surface area contributed by atoms with Crippen molar-refractivity contribution in [2.24, 2.45) is 0 Å². The Labute approximate surface area is 128 Å². The van der Waals surface area contributed by atoms with Crippen LogP contribution in [0.2, 0.25) is 0 Å². The summed E-state index contributed by atoms with van der Waals surface area (Å²) < 4.78 is 5.24. The van der Waals surface area contributed by atoms with Crippen molar-refractivity contribution in [2.75, 3.05) is 0 Å². The maximum atomic E-state index is 12.1. The van der Waals surface area contributed by atoms with Crippen LogP contribution in [0.3, 0.4) is 0 Å². The predicted molar refractivity (Wildman–Crippen MR) is 86.0 cm³/mol. The molecule has 3 aromatic rings. The summed E-state index contributed by atoms with van der Waals surface area (Å²) in [4.78, 5) is 24.0. The van der Waals surface area contributed by atoms with E-state index in [-0.39, 0.29) is 17.8 Å². The average molecular weight is 292 g/mol. The van der Waals surface area contributed by atoms with Gasteiger partial charge in [-0.2, -0.15) is 0 Å². The minimum Gasteiger partial charge on any atom is -0.427 e. The van der Waals surface area contributed by atoms with Gasteiger partial charge < -0.3 is 4.42 Å². The van der Waals surface area contributed by atoms with Crippen LogP contribution >= 0.6 is 0 Å². The highest BCUT2D eigenvalue weighted by molar-refractivity contribution is 5.84. The van der Waals surface area contributed by atoms with Crippen molar-refractivity contribution < 1.29 is 9.21 Å². The van der Waals surface area contributed by atoms with Gasteiger partial charge in [-0.3, -0.25) is 4.79 Å². The van der Waals surface area contributed by atoms with Crippen molar-refractivity contribution >= 4 is 16.6 Å². The van der Waals surface area contributed by atoms with E-state index in [9.17, 15) is 9.59 Å². The molecule has 22 heavy (non-hydrogen) atoms. The summed E-state index contributed by atoms with van der Waals surface area (Å²) in [6.45, 7) is 0. The summed E-state index contributed by atoms with van der Waals surface area (Å²) in [6.07, 6.45) is 1.31. The molecule has 3 nitrogen and oxygen atoms in total. The second kappa shape index (κ2) is 6.39. The van der Waals surface area contributed by atoms with E-state index in [4.69, 9.17) is 4.42 Å². The van der Waals surface area contributed by atoms with Crippen molar-refractivity contribution in [1.82, 2.24) is 0 Å². The minimum atomic E-state index is -0.385. The van der Waals surface area contributed by atoms with Gasteiger partial charge in [0.05, 0.1) is 11.8 Å². The summed E-state index contributed by atoms with van der Waals surface area (Å²) in [5.41, 5.74) is 0.750. The first-order valence-corrected chi connectivity index (χ1v) is 7.30. The molecule has 0 aliphatic carbocycles. The van der Waals surface area contributed by atoms with Crippen LogP contribution in [0.25, 0.3) is 10.8 Å². The first-order chi connectivity index (χ1) is 10.7. The molecule has 3 heteroatoms. The molecule has 1 aromatic heterocycles. The fraction of sp³-hybridized carbons (Fsp3) is 0.158. The molecule has 0 amide bonds. The number of fused-ring (bicyclic) bond motifs is 1. The molecule has 2 aromatic carbocycles. The van der Waals surface area contributed by atoms with E-state index in [1.54, 1.807) is 18.2 Å². The Morgan fingerprint density at radius 1 is 0.955 bits per heavy atom. The van der Waals surface area contributed by atoms with Gasteiger partial charge in [-0.1, -0.05) is 48.5 Å². The Balaban J connectivity index is 1.70. The average Bonchev–Trinajstić information content (AvgIpc) is 2.54. The predicted octanol–water partition coefficient (Wildman–Crippen LogP) is 3.54. The van der Waals surface area contributed by atoms with Gasteiger partial charge >= 0.3 is 5.63 Å². The van der Waals surface area contributed by atoms with Gasteiger partial charge in [0, 0.05) is 6.42 Å². The van der Waals surface area contributed by atoms with Gasteiger partial charge in [0.15, 0.2) is 0 Å².